The van der Waals surface area contributed by atoms with Gasteiger partial charge in [0, 0.05) is 7.05 Å². The van der Waals surface area contributed by atoms with Crippen LogP contribution in [0, 0.1) is 0 Å². The van der Waals surface area contributed by atoms with Gasteiger partial charge in [-0.25, -0.2) is 4.79 Å². The fourth-order valence-corrected chi connectivity index (χ4v) is 1.22. The van der Waals surface area contributed by atoms with Crippen LogP contribution in [0.3, 0.4) is 0 Å². The number of anilines is 2. The number of para-hydroxylation sites is 2. The zero-order valence-electron chi connectivity index (χ0n) is 10.2. The Kier molecular flexibility index (Phi) is 3.42. The summed E-state index contributed by atoms with van der Waals surface area (Å²) in [5.41, 5.74) is 6.47. The number of rotatable bonds is 1. The predicted octanol–water partition coefficient (Wildman–Crippen LogP) is 2.64. The molecule has 4 nitrogen and oxygen atoms in total. The molecule has 88 valence electrons. The molecule has 0 spiro atoms. The van der Waals surface area contributed by atoms with E-state index in [9.17, 15) is 4.79 Å². The average molecular weight is 222 g/mol. The molecule has 0 aromatic heterocycles. The summed E-state index contributed by atoms with van der Waals surface area (Å²) < 4.78 is 5.24. The standard InChI is InChI=1S/C12H18N2O2/c1-12(2,3)16-11(15)14(4)10-8-6-5-7-9(10)13/h5-8H,13H2,1-4H3. The highest BCUT2D eigenvalue weighted by molar-refractivity contribution is 5.91. The van der Waals surface area contributed by atoms with Crippen LogP contribution in [0.4, 0.5) is 16.2 Å². The van der Waals surface area contributed by atoms with Gasteiger partial charge < -0.3 is 10.5 Å². The molecule has 0 bridgehead atoms. The van der Waals surface area contributed by atoms with E-state index in [1.807, 2.05) is 32.9 Å². The molecule has 1 rings (SSSR count). The minimum atomic E-state index is -0.505. The zero-order valence-corrected chi connectivity index (χ0v) is 10.2. The first-order valence-electron chi connectivity index (χ1n) is 5.12. The van der Waals surface area contributed by atoms with Crippen LogP contribution < -0.4 is 10.6 Å². The Hall–Kier alpha value is -1.71. The average Bonchev–Trinajstić information content (AvgIpc) is 2.15. The van der Waals surface area contributed by atoms with E-state index in [1.165, 1.54) is 4.90 Å². The molecular weight excluding hydrogens is 204 g/mol. The molecule has 1 aromatic rings. The molecule has 0 aliphatic rings. The second-order valence-electron chi connectivity index (χ2n) is 4.60. The van der Waals surface area contributed by atoms with Crippen molar-refractivity contribution in [1.82, 2.24) is 0 Å². The predicted molar refractivity (Wildman–Crippen MR) is 65.5 cm³/mol. The normalized spacial score (nSPS) is 11.0. The van der Waals surface area contributed by atoms with E-state index in [-0.39, 0.29) is 0 Å². The third-order valence-electron chi connectivity index (χ3n) is 1.97. The molecule has 0 fully saturated rings. The van der Waals surface area contributed by atoms with Crippen molar-refractivity contribution in [3.63, 3.8) is 0 Å². The van der Waals surface area contributed by atoms with Gasteiger partial charge in [-0.15, -0.1) is 0 Å². The monoisotopic (exact) mass is 222 g/mol. The molecule has 0 unspecified atom stereocenters. The lowest BCUT2D eigenvalue weighted by molar-refractivity contribution is 0.0589. The van der Waals surface area contributed by atoms with Gasteiger partial charge in [0.1, 0.15) is 5.60 Å². The minimum absolute atomic E-state index is 0.412. The number of hydrogen-bond acceptors (Lipinski definition) is 3. The van der Waals surface area contributed by atoms with Crippen molar-refractivity contribution in [3.8, 4) is 0 Å². The minimum Gasteiger partial charge on any atom is -0.443 e. The van der Waals surface area contributed by atoms with Crippen LogP contribution in [0.25, 0.3) is 0 Å². The summed E-state index contributed by atoms with van der Waals surface area (Å²) in [5.74, 6) is 0. The van der Waals surface area contributed by atoms with Crippen molar-refractivity contribution < 1.29 is 9.53 Å². The summed E-state index contributed by atoms with van der Waals surface area (Å²) in [7, 11) is 1.64. The fourth-order valence-electron chi connectivity index (χ4n) is 1.22. The van der Waals surface area contributed by atoms with Gasteiger partial charge in [0.25, 0.3) is 0 Å². The Bertz CT molecular complexity index is 383. The Balaban J connectivity index is 2.83. The lowest BCUT2D eigenvalue weighted by Gasteiger charge is -2.25. The van der Waals surface area contributed by atoms with Crippen molar-refractivity contribution in [2.75, 3.05) is 17.7 Å². The fraction of sp³-hybridized carbons (Fsp3) is 0.417. The molecule has 0 saturated carbocycles. The Morgan fingerprint density at radius 2 is 1.88 bits per heavy atom. The van der Waals surface area contributed by atoms with Gasteiger partial charge in [-0.2, -0.15) is 0 Å². The molecule has 0 radical (unpaired) electrons. The third-order valence-corrected chi connectivity index (χ3v) is 1.97. The molecule has 0 atom stereocenters. The van der Waals surface area contributed by atoms with Crippen LogP contribution >= 0.6 is 0 Å². The van der Waals surface area contributed by atoms with E-state index in [2.05, 4.69) is 0 Å². The summed E-state index contributed by atoms with van der Waals surface area (Å²) >= 11 is 0. The molecule has 0 saturated heterocycles. The number of ether oxygens (including phenoxy) is 1. The number of nitrogens with zero attached hydrogens (tertiary/aromatic N) is 1. The summed E-state index contributed by atoms with van der Waals surface area (Å²) in [6.45, 7) is 5.48. The Labute approximate surface area is 96.0 Å². The largest absolute Gasteiger partial charge is 0.443 e. The van der Waals surface area contributed by atoms with Crippen LogP contribution in [-0.4, -0.2) is 18.7 Å². The first kappa shape index (κ1) is 12.4. The molecule has 0 aliphatic heterocycles. The van der Waals surface area contributed by atoms with Crippen LogP contribution in [0.1, 0.15) is 20.8 Å². The van der Waals surface area contributed by atoms with Crippen molar-refractivity contribution >= 4 is 17.5 Å². The molecule has 1 amide bonds. The van der Waals surface area contributed by atoms with E-state index in [0.717, 1.165) is 0 Å². The van der Waals surface area contributed by atoms with Crippen molar-refractivity contribution in [1.29, 1.82) is 0 Å². The number of carbonyl (C=O) groups excluding carboxylic acids is 1. The molecular formula is C12H18N2O2. The number of hydrogen-bond donors (Lipinski definition) is 1. The third kappa shape index (κ3) is 3.15. The lowest BCUT2D eigenvalue weighted by atomic mass is 10.2. The summed E-state index contributed by atoms with van der Waals surface area (Å²) in [4.78, 5) is 13.2. The zero-order chi connectivity index (χ0) is 12.3. The number of benzene rings is 1. The first-order valence-corrected chi connectivity index (χ1v) is 5.12. The quantitative estimate of drug-likeness (QED) is 0.743. The van der Waals surface area contributed by atoms with Crippen LogP contribution in [-0.2, 0) is 4.74 Å². The molecule has 16 heavy (non-hydrogen) atoms. The van der Waals surface area contributed by atoms with Crippen molar-refractivity contribution in [3.05, 3.63) is 24.3 Å². The highest BCUT2D eigenvalue weighted by Crippen LogP contribution is 2.22. The first-order chi connectivity index (χ1) is 7.31. The Morgan fingerprint density at radius 1 is 1.31 bits per heavy atom. The summed E-state index contributed by atoms with van der Waals surface area (Å²) in [5, 5.41) is 0. The molecule has 0 heterocycles. The molecule has 0 aliphatic carbocycles. The maximum absolute atomic E-state index is 11.8. The van der Waals surface area contributed by atoms with E-state index >= 15 is 0 Å². The van der Waals surface area contributed by atoms with Gasteiger partial charge in [-0.05, 0) is 32.9 Å². The number of nitrogens with two attached hydrogens (primary N) is 1. The highest BCUT2D eigenvalue weighted by atomic mass is 16.6. The molecule has 1 aromatic carbocycles. The number of carbonyl (C=O) groups is 1. The van der Waals surface area contributed by atoms with Gasteiger partial charge in [0.15, 0.2) is 0 Å². The van der Waals surface area contributed by atoms with Gasteiger partial charge in [-0.1, -0.05) is 12.1 Å². The maximum atomic E-state index is 11.8. The van der Waals surface area contributed by atoms with Gasteiger partial charge in [0.2, 0.25) is 0 Å². The van der Waals surface area contributed by atoms with E-state index < -0.39 is 11.7 Å². The lowest BCUT2D eigenvalue weighted by Crippen LogP contribution is -2.34. The van der Waals surface area contributed by atoms with E-state index in [1.54, 1.807) is 19.2 Å². The SMILES string of the molecule is CN(C(=O)OC(C)(C)C)c1ccccc1N. The van der Waals surface area contributed by atoms with Crippen LogP contribution in [0.15, 0.2) is 24.3 Å². The smallest absolute Gasteiger partial charge is 0.414 e. The van der Waals surface area contributed by atoms with Crippen LogP contribution in [0.2, 0.25) is 0 Å². The second-order valence-corrected chi connectivity index (χ2v) is 4.60. The Morgan fingerprint density at radius 3 is 2.38 bits per heavy atom. The van der Waals surface area contributed by atoms with Gasteiger partial charge in [-0.3, -0.25) is 4.90 Å². The summed E-state index contributed by atoms with van der Waals surface area (Å²) in [6, 6.07) is 7.17. The highest BCUT2D eigenvalue weighted by Gasteiger charge is 2.21. The van der Waals surface area contributed by atoms with E-state index in [0.29, 0.717) is 11.4 Å². The van der Waals surface area contributed by atoms with Gasteiger partial charge >= 0.3 is 6.09 Å². The number of amides is 1. The van der Waals surface area contributed by atoms with Gasteiger partial charge in [0.05, 0.1) is 11.4 Å². The molecule has 4 heteroatoms. The van der Waals surface area contributed by atoms with Crippen LogP contribution in [0.5, 0.6) is 0 Å². The van der Waals surface area contributed by atoms with Crippen molar-refractivity contribution in [2.45, 2.75) is 26.4 Å². The molecule has 2 N–H and O–H groups in total. The second kappa shape index (κ2) is 4.43. The maximum Gasteiger partial charge on any atom is 0.414 e. The van der Waals surface area contributed by atoms with Crippen molar-refractivity contribution in [2.24, 2.45) is 0 Å². The number of nitrogen functional groups attached to an aromatic ring is 1. The van der Waals surface area contributed by atoms with E-state index in [4.69, 9.17) is 10.5 Å². The topological polar surface area (TPSA) is 55.6 Å². The summed E-state index contributed by atoms with van der Waals surface area (Å²) in [6.07, 6.45) is -0.412.